The van der Waals surface area contributed by atoms with Gasteiger partial charge in [0.1, 0.15) is 11.6 Å². The Labute approximate surface area is 175 Å². The summed E-state index contributed by atoms with van der Waals surface area (Å²) in [6.07, 6.45) is 3.52. The molecule has 3 aromatic rings. The minimum absolute atomic E-state index is 0.192. The van der Waals surface area contributed by atoms with E-state index in [0.29, 0.717) is 17.5 Å². The minimum Gasteiger partial charge on any atom is -0.206 e. The van der Waals surface area contributed by atoms with E-state index in [2.05, 4.69) is 23.7 Å². The van der Waals surface area contributed by atoms with Crippen molar-refractivity contribution < 1.29 is 8.78 Å². The van der Waals surface area contributed by atoms with Crippen LogP contribution in [-0.4, -0.2) is 6.26 Å². The molecule has 3 rings (SSSR count). The highest BCUT2D eigenvalue weighted by molar-refractivity contribution is 7.98. The van der Waals surface area contributed by atoms with Crippen molar-refractivity contribution in [2.45, 2.75) is 24.7 Å². The molecule has 0 amide bonds. The maximum atomic E-state index is 14.1. The monoisotopic (exact) mass is 402 g/mol. The van der Waals surface area contributed by atoms with Crippen LogP contribution in [0.25, 0.3) is 0 Å². The summed E-state index contributed by atoms with van der Waals surface area (Å²) in [5.74, 6) is 10.5. The van der Waals surface area contributed by atoms with Crippen molar-refractivity contribution in [3.63, 3.8) is 0 Å². The van der Waals surface area contributed by atoms with Gasteiger partial charge < -0.3 is 0 Å². The zero-order valence-corrected chi connectivity index (χ0v) is 17.2. The second kappa shape index (κ2) is 9.97. The van der Waals surface area contributed by atoms with Gasteiger partial charge in [0.15, 0.2) is 0 Å². The normalized spacial score (nSPS) is 9.93. The van der Waals surface area contributed by atoms with E-state index >= 15 is 0 Å². The number of rotatable bonds is 3. The third-order valence-electron chi connectivity index (χ3n) is 4.30. The molecule has 0 aliphatic heterocycles. The maximum Gasteiger partial charge on any atom is 0.142 e. The van der Waals surface area contributed by atoms with Gasteiger partial charge in [-0.1, -0.05) is 37.0 Å². The Morgan fingerprint density at radius 1 is 0.724 bits per heavy atom. The molecule has 0 bridgehead atoms. The van der Waals surface area contributed by atoms with E-state index in [1.807, 2.05) is 49.6 Å². The highest BCUT2D eigenvalue weighted by Gasteiger charge is 2.08. The Bertz CT molecular complexity index is 1080. The van der Waals surface area contributed by atoms with E-state index in [9.17, 15) is 8.78 Å². The van der Waals surface area contributed by atoms with E-state index in [1.54, 1.807) is 23.9 Å². The van der Waals surface area contributed by atoms with Gasteiger partial charge in [0, 0.05) is 21.6 Å². The fourth-order valence-electron chi connectivity index (χ4n) is 2.77. The molecular formula is C26H20F2S. The van der Waals surface area contributed by atoms with Crippen molar-refractivity contribution in [1.29, 1.82) is 0 Å². The lowest BCUT2D eigenvalue weighted by atomic mass is 10.1. The van der Waals surface area contributed by atoms with Crippen LogP contribution in [0.4, 0.5) is 8.78 Å². The molecule has 0 saturated heterocycles. The van der Waals surface area contributed by atoms with E-state index < -0.39 is 11.6 Å². The fourth-order valence-corrected chi connectivity index (χ4v) is 3.18. The van der Waals surface area contributed by atoms with Crippen LogP contribution in [0.2, 0.25) is 0 Å². The first kappa shape index (κ1) is 20.7. The summed E-state index contributed by atoms with van der Waals surface area (Å²) in [6.45, 7) is 1.97. The van der Waals surface area contributed by atoms with Gasteiger partial charge in [-0.15, -0.1) is 11.8 Å². The van der Waals surface area contributed by atoms with Crippen molar-refractivity contribution in [2.24, 2.45) is 0 Å². The van der Waals surface area contributed by atoms with E-state index in [-0.39, 0.29) is 5.56 Å². The molecule has 0 aliphatic carbocycles. The summed E-state index contributed by atoms with van der Waals surface area (Å²) in [6, 6.07) is 18.1. The quantitative estimate of drug-likeness (QED) is 0.359. The third kappa shape index (κ3) is 5.74. The molecule has 0 aliphatic rings. The lowest BCUT2D eigenvalue weighted by molar-refractivity contribution is 0.573. The van der Waals surface area contributed by atoms with Crippen LogP contribution in [0.15, 0.2) is 65.6 Å². The minimum atomic E-state index is -0.615. The molecule has 3 heteroatoms. The zero-order chi connectivity index (χ0) is 20.6. The zero-order valence-electron chi connectivity index (χ0n) is 16.4. The molecule has 0 aromatic heterocycles. The van der Waals surface area contributed by atoms with E-state index in [4.69, 9.17) is 0 Å². The molecule has 0 spiro atoms. The number of benzene rings is 3. The molecule has 29 heavy (non-hydrogen) atoms. The highest BCUT2D eigenvalue weighted by Crippen LogP contribution is 2.16. The standard InChI is InChI=1S/C26H20F2S/c1-3-4-22-17-25(27)24(26(28)18-22)16-13-20-8-5-19(6-9-20)7-10-21-11-14-23(29-2)15-12-21/h5-6,8-9,11-12,14-15,17-18H,3-4H2,1-2H3. The first-order valence-corrected chi connectivity index (χ1v) is 10.6. The van der Waals surface area contributed by atoms with Gasteiger partial charge in [-0.05, 0) is 78.9 Å². The molecule has 0 unspecified atom stereocenters. The van der Waals surface area contributed by atoms with E-state index in [0.717, 1.165) is 17.5 Å². The lowest BCUT2D eigenvalue weighted by Gasteiger charge is -2.02. The van der Waals surface area contributed by atoms with Gasteiger partial charge in [-0.25, -0.2) is 8.78 Å². The number of halogens is 2. The summed E-state index contributed by atoms with van der Waals surface area (Å²) in [4.78, 5) is 1.20. The molecule has 0 nitrogen and oxygen atoms in total. The summed E-state index contributed by atoms with van der Waals surface area (Å²) < 4.78 is 28.3. The van der Waals surface area contributed by atoms with Crippen molar-refractivity contribution in [3.05, 3.63) is 100 Å². The van der Waals surface area contributed by atoms with Crippen LogP contribution in [0, 0.1) is 35.3 Å². The molecule has 0 fully saturated rings. The average molecular weight is 403 g/mol. The molecule has 0 atom stereocenters. The second-order valence-electron chi connectivity index (χ2n) is 6.49. The Morgan fingerprint density at radius 2 is 1.17 bits per heavy atom. The molecule has 3 aromatic carbocycles. The van der Waals surface area contributed by atoms with Crippen molar-refractivity contribution in [3.8, 4) is 23.7 Å². The maximum absolute atomic E-state index is 14.1. The number of thioether (sulfide) groups is 1. The molecule has 0 radical (unpaired) electrons. The van der Waals surface area contributed by atoms with Gasteiger partial charge >= 0.3 is 0 Å². The summed E-state index contributed by atoms with van der Waals surface area (Å²) in [5, 5.41) is 0. The van der Waals surface area contributed by atoms with Gasteiger partial charge in [-0.2, -0.15) is 0 Å². The molecule has 0 saturated carbocycles. The van der Waals surface area contributed by atoms with Crippen molar-refractivity contribution in [1.82, 2.24) is 0 Å². The van der Waals surface area contributed by atoms with Gasteiger partial charge in [0.2, 0.25) is 0 Å². The third-order valence-corrected chi connectivity index (χ3v) is 5.04. The van der Waals surface area contributed by atoms with Gasteiger partial charge in [0.25, 0.3) is 0 Å². The summed E-state index contributed by atoms with van der Waals surface area (Å²) in [5.41, 5.74) is 2.94. The fraction of sp³-hybridized carbons (Fsp3) is 0.154. The van der Waals surface area contributed by atoms with Crippen molar-refractivity contribution >= 4 is 11.8 Å². The van der Waals surface area contributed by atoms with Crippen LogP contribution in [-0.2, 0) is 6.42 Å². The highest BCUT2D eigenvalue weighted by atomic mass is 32.2. The molecule has 144 valence electrons. The average Bonchev–Trinajstić information content (AvgIpc) is 2.73. The summed E-state index contributed by atoms with van der Waals surface area (Å²) in [7, 11) is 0. The number of hydrogen-bond donors (Lipinski definition) is 0. The summed E-state index contributed by atoms with van der Waals surface area (Å²) >= 11 is 1.69. The molecule has 0 N–H and O–H groups in total. The predicted molar refractivity (Wildman–Crippen MR) is 117 cm³/mol. The van der Waals surface area contributed by atoms with Crippen LogP contribution < -0.4 is 0 Å². The largest absolute Gasteiger partial charge is 0.206 e. The Balaban J connectivity index is 1.75. The Kier molecular flexibility index (Phi) is 7.12. The van der Waals surface area contributed by atoms with Crippen LogP contribution >= 0.6 is 11.8 Å². The lowest BCUT2D eigenvalue weighted by Crippen LogP contribution is -1.94. The van der Waals surface area contributed by atoms with Crippen LogP contribution in [0.5, 0.6) is 0 Å². The first-order chi connectivity index (χ1) is 14.1. The van der Waals surface area contributed by atoms with Gasteiger partial charge in [0.05, 0.1) is 5.56 Å². The van der Waals surface area contributed by atoms with E-state index in [1.165, 1.54) is 17.0 Å². The second-order valence-corrected chi connectivity index (χ2v) is 7.37. The van der Waals surface area contributed by atoms with Gasteiger partial charge in [-0.3, -0.25) is 0 Å². The van der Waals surface area contributed by atoms with Crippen LogP contribution in [0.3, 0.4) is 0 Å². The number of hydrogen-bond acceptors (Lipinski definition) is 1. The Morgan fingerprint density at radius 3 is 1.62 bits per heavy atom. The first-order valence-electron chi connectivity index (χ1n) is 9.35. The molecule has 0 heterocycles. The van der Waals surface area contributed by atoms with Crippen molar-refractivity contribution in [2.75, 3.05) is 6.26 Å². The topological polar surface area (TPSA) is 0 Å². The Hall–Kier alpha value is -3.01. The SMILES string of the molecule is CCCc1cc(F)c(C#Cc2ccc(C#Cc3ccc(SC)cc3)cc2)c(F)c1. The number of aryl methyl sites for hydroxylation is 1. The van der Waals surface area contributed by atoms with Crippen LogP contribution in [0.1, 0.15) is 41.2 Å². The predicted octanol–water partition coefficient (Wildman–Crippen LogP) is 6.44. The molecular weight excluding hydrogens is 382 g/mol. The smallest absolute Gasteiger partial charge is 0.142 e.